The second-order valence-corrected chi connectivity index (χ2v) is 5.14. The van der Waals surface area contributed by atoms with E-state index in [1.54, 1.807) is 7.11 Å². The van der Waals surface area contributed by atoms with Gasteiger partial charge in [0, 0.05) is 19.8 Å². The molecule has 0 saturated heterocycles. The zero-order chi connectivity index (χ0) is 15.5. The smallest absolute Gasteiger partial charge is 0.326 e. The third kappa shape index (κ3) is 9.57. The molecule has 0 aromatic carbocycles. The van der Waals surface area contributed by atoms with Crippen LogP contribution in [0, 0.1) is 0 Å². The maximum atomic E-state index is 11.7. The van der Waals surface area contributed by atoms with Crippen LogP contribution in [0.3, 0.4) is 0 Å². The van der Waals surface area contributed by atoms with E-state index in [2.05, 4.69) is 10.6 Å². The van der Waals surface area contributed by atoms with E-state index in [1.165, 1.54) is 0 Å². The average Bonchev–Trinajstić information content (AvgIpc) is 2.35. The molecule has 0 aromatic rings. The monoisotopic (exact) mass is 289 g/mol. The quantitative estimate of drug-likeness (QED) is 0.510. The van der Waals surface area contributed by atoms with Gasteiger partial charge in [0.2, 0.25) is 0 Å². The van der Waals surface area contributed by atoms with Crippen molar-refractivity contribution in [3.63, 3.8) is 0 Å². The number of carboxylic acid groups (broad SMARTS) is 1. The number of rotatable bonds is 10. The van der Waals surface area contributed by atoms with Crippen molar-refractivity contribution in [3.05, 3.63) is 0 Å². The Hall–Kier alpha value is -1.34. The second-order valence-electron chi connectivity index (χ2n) is 5.14. The molecule has 20 heavy (non-hydrogen) atoms. The molecule has 7 nitrogen and oxygen atoms in total. The standard InChI is InChI=1S/C13H27N3O4/c1-10(7-8-16(2)3)14-13(19)15-11(12(17)18)6-5-9-20-4/h10-11H,5-9H2,1-4H3,(H,17,18)(H2,14,15,19). The number of urea groups is 1. The number of carbonyl (C=O) groups is 2. The van der Waals surface area contributed by atoms with Crippen LogP contribution >= 0.6 is 0 Å². The Kier molecular flexibility index (Phi) is 9.75. The van der Waals surface area contributed by atoms with Crippen molar-refractivity contribution in [2.45, 2.75) is 38.3 Å². The van der Waals surface area contributed by atoms with Gasteiger partial charge in [-0.15, -0.1) is 0 Å². The lowest BCUT2D eigenvalue weighted by Gasteiger charge is -2.19. The third-order valence-corrected chi connectivity index (χ3v) is 2.83. The Balaban J connectivity index is 4.08. The molecule has 3 N–H and O–H groups in total. The van der Waals surface area contributed by atoms with Crippen molar-refractivity contribution in [3.8, 4) is 0 Å². The van der Waals surface area contributed by atoms with Crippen LogP contribution in [0.1, 0.15) is 26.2 Å². The van der Waals surface area contributed by atoms with Crippen LogP contribution < -0.4 is 10.6 Å². The first-order valence-electron chi connectivity index (χ1n) is 6.80. The number of carbonyl (C=O) groups excluding carboxylic acids is 1. The SMILES string of the molecule is COCCCC(NC(=O)NC(C)CCN(C)C)C(=O)O. The van der Waals surface area contributed by atoms with Crippen LogP contribution in [0.25, 0.3) is 0 Å². The molecule has 7 heteroatoms. The molecular weight excluding hydrogens is 262 g/mol. The van der Waals surface area contributed by atoms with Crippen LogP contribution in [0.15, 0.2) is 0 Å². The summed E-state index contributed by atoms with van der Waals surface area (Å²) in [6.45, 7) is 3.23. The fourth-order valence-electron chi connectivity index (χ4n) is 1.64. The van der Waals surface area contributed by atoms with E-state index < -0.39 is 18.0 Å². The molecule has 0 aromatic heterocycles. The van der Waals surface area contributed by atoms with Gasteiger partial charge in [-0.1, -0.05) is 0 Å². The lowest BCUT2D eigenvalue weighted by molar-refractivity contribution is -0.139. The largest absolute Gasteiger partial charge is 0.480 e. The molecular formula is C13H27N3O4. The summed E-state index contributed by atoms with van der Waals surface area (Å²) >= 11 is 0. The maximum Gasteiger partial charge on any atom is 0.326 e. The average molecular weight is 289 g/mol. The van der Waals surface area contributed by atoms with E-state index >= 15 is 0 Å². The number of nitrogens with one attached hydrogen (secondary N) is 2. The van der Waals surface area contributed by atoms with E-state index in [0.717, 1.165) is 13.0 Å². The van der Waals surface area contributed by atoms with Crippen molar-refractivity contribution in [2.24, 2.45) is 0 Å². The number of methoxy groups -OCH3 is 1. The van der Waals surface area contributed by atoms with Crippen LogP contribution in [0.4, 0.5) is 4.79 Å². The Morgan fingerprint density at radius 1 is 1.25 bits per heavy atom. The minimum absolute atomic E-state index is 0.00850. The Morgan fingerprint density at radius 3 is 2.40 bits per heavy atom. The van der Waals surface area contributed by atoms with E-state index in [4.69, 9.17) is 9.84 Å². The fourth-order valence-corrected chi connectivity index (χ4v) is 1.64. The molecule has 0 rings (SSSR count). The number of carboxylic acids is 1. The molecule has 2 unspecified atom stereocenters. The zero-order valence-corrected chi connectivity index (χ0v) is 12.8. The van der Waals surface area contributed by atoms with Crippen molar-refractivity contribution in [1.82, 2.24) is 15.5 Å². The minimum atomic E-state index is -1.03. The van der Waals surface area contributed by atoms with Gasteiger partial charge < -0.3 is 25.4 Å². The highest BCUT2D eigenvalue weighted by atomic mass is 16.5. The van der Waals surface area contributed by atoms with Crippen molar-refractivity contribution in [1.29, 1.82) is 0 Å². The fraction of sp³-hybridized carbons (Fsp3) is 0.846. The van der Waals surface area contributed by atoms with Gasteiger partial charge in [0.25, 0.3) is 0 Å². The number of amides is 2. The lowest BCUT2D eigenvalue weighted by atomic mass is 10.1. The molecule has 0 radical (unpaired) electrons. The molecule has 0 aliphatic rings. The Morgan fingerprint density at radius 2 is 1.90 bits per heavy atom. The number of hydrogen-bond acceptors (Lipinski definition) is 4. The molecule has 2 atom stereocenters. The highest BCUT2D eigenvalue weighted by Gasteiger charge is 2.20. The minimum Gasteiger partial charge on any atom is -0.480 e. The first-order chi connectivity index (χ1) is 9.36. The van der Waals surface area contributed by atoms with E-state index in [0.29, 0.717) is 19.4 Å². The maximum absolute atomic E-state index is 11.7. The molecule has 0 heterocycles. The summed E-state index contributed by atoms with van der Waals surface area (Å²) in [6.07, 6.45) is 1.74. The second kappa shape index (κ2) is 10.4. The van der Waals surface area contributed by atoms with Crippen LogP contribution in [-0.4, -0.2) is 68.4 Å². The first kappa shape index (κ1) is 18.7. The predicted molar refractivity (Wildman–Crippen MR) is 76.8 cm³/mol. The topological polar surface area (TPSA) is 90.9 Å². The zero-order valence-electron chi connectivity index (χ0n) is 12.8. The van der Waals surface area contributed by atoms with Gasteiger partial charge in [-0.25, -0.2) is 9.59 Å². The first-order valence-corrected chi connectivity index (χ1v) is 6.80. The number of aliphatic carboxylic acids is 1. The Bertz CT molecular complexity index is 297. The van der Waals surface area contributed by atoms with Crippen molar-refractivity contribution >= 4 is 12.0 Å². The van der Waals surface area contributed by atoms with Gasteiger partial charge in [-0.2, -0.15) is 0 Å². The molecule has 0 aliphatic carbocycles. The van der Waals surface area contributed by atoms with E-state index in [-0.39, 0.29) is 6.04 Å². The molecule has 118 valence electrons. The van der Waals surface area contributed by atoms with Gasteiger partial charge in [0.1, 0.15) is 6.04 Å². The summed E-state index contributed by atoms with van der Waals surface area (Å²) in [5.74, 6) is -1.03. The highest BCUT2D eigenvalue weighted by molar-refractivity contribution is 5.82. The van der Waals surface area contributed by atoms with Gasteiger partial charge in [-0.05, 0) is 46.8 Å². The predicted octanol–water partition coefficient (Wildman–Crippen LogP) is 0.506. The molecule has 0 saturated carbocycles. The highest BCUT2D eigenvalue weighted by Crippen LogP contribution is 1.99. The number of nitrogens with zero attached hydrogens (tertiary/aromatic N) is 1. The Labute approximate surface area is 120 Å². The molecule has 0 fully saturated rings. The summed E-state index contributed by atoms with van der Waals surface area (Å²) in [4.78, 5) is 24.8. The summed E-state index contributed by atoms with van der Waals surface area (Å²) in [5, 5.41) is 14.3. The summed E-state index contributed by atoms with van der Waals surface area (Å²) in [5.41, 5.74) is 0. The van der Waals surface area contributed by atoms with Gasteiger partial charge in [0.05, 0.1) is 0 Å². The molecule has 2 amide bonds. The van der Waals surface area contributed by atoms with Crippen molar-refractivity contribution in [2.75, 3.05) is 34.4 Å². The van der Waals surface area contributed by atoms with Crippen LogP contribution in [0.5, 0.6) is 0 Å². The summed E-state index contributed by atoms with van der Waals surface area (Å²) in [6, 6.07) is -1.34. The van der Waals surface area contributed by atoms with Crippen molar-refractivity contribution < 1.29 is 19.4 Å². The molecule has 0 spiro atoms. The normalized spacial score (nSPS) is 13.8. The van der Waals surface area contributed by atoms with Crippen LogP contribution in [0.2, 0.25) is 0 Å². The lowest BCUT2D eigenvalue weighted by Crippen LogP contribution is -2.48. The van der Waals surface area contributed by atoms with E-state index in [9.17, 15) is 9.59 Å². The van der Waals surface area contributed by atoms with E-state index in [1.807, 2.05) is 25.9 Å². The summed E-state index contributed by atoms with van der Waals surface area (Å²) in [7, 11) is 5.48. The summed E-state index contributed by atoms with van der Waals surface area (Å²) < 4.78 is 4.87. The third-order valence-electron chi connectivity index (χ3n) is 2.83. The molecule has 0 bridgehead atoms. The van der Waals surface area contributed by atoms with Gasteiger partial charge in [-0.3, -0.25) is 0 Å². The van der Waals surface area contributed by atoms with Gasteiger partial charge in [0.15, 0.2) is 0 Å². The molecule has 0 aliphatic heterocycles. The number of ether oxygens (including phenoxy) is 1. The number of hydrogen-bond donors (Lipinski definition) is 3. The van der Waals surface area contributed by atoms with Crippen LogP contribution in [-0.2, 0) is 9.53 Å². The van der Waals surface area contributed by atoms with Gasteiger partial charge >= 0.3 is 12.0 Å².